The Morgan fingerprint density at radius 3 is 2.52 bits per heavy atom. The highest BCUT2D eigenvalue weighted by Gasteiger charge is 2.19. The maximum Gasteiger partial charge on any atom is 0.346 e. The van der Waals surface area contributed by atoms with Crippen LogP contribution in [0.15, 0.2) is 21.3 Å². The molecule has 0 aliphatic heterocycles. The quantitative estimate of drug-likeness (QED) is 0.542. The second-order valence-electron chi connectivity index (χ2n) is 6.15. The summed E-state index contributed by atoms with van der Waals surface area (Å²) in [4.78, 5) is 35.6. The third kappa shape index (κ3) is 4.48. The van der Waals surface area contributed by atoms with Gasteiger partial charge in [-0.15, -0.1) is 0 Å². The number of aryl methyl sites for hydroxylation is 2. The molecule has 0 fully saturated rings. The largest absolute Gasteiger partial charge is 0.479 e. The number of esters is 2. The second kappa shape index (κ2) is 8.70. The Morgan fingerprint density at radius 1 is 1.19 bits per heavy atom. The van der Waals surface area contributed by atoms with Crippen molar-refractivity contribution < 1.29 is 28.2 Å². The number of carbonyl (C=O) groups excluding carboxylic acids is 2. The zero-order valence-corrected chi connectivity index (χ0v) is 16.2. The summed E-state index contributed by atoms with van der Waals surface area (Å²) in [5.74, 6) is -0.420. The molecule has 0 saturated carbocycles. The summed E-state index contributed by atoms with van der Waals surface area (Å²) in [7, 11) is 1.29. The fourth-order valence-corrected chi connectivity index (χ4v) is 2.85. The first-order valence-electron chi connectivity index (χ1n) is 8.76. The molecule has 7 heteroatoms. The number of hydrogen-bond donors (Lipinski definition) is 0. The van der Waals surface area contributed by atoms with Gasteiger partial charge in [-0.1, -0.05) is 0 Å². The summed E-state index contributed by atoms with van der Waals surface area (Å²) in [5, 5.41) is 0.754. The van der Waals surface area contributed by atoms with Gasteiger partial charge in [0.15, 0.2) is 6.10 Å². The maximum absolute atomic E-state index is 12.4. The minimum Gasteiger partial charge on any atom is -0.479 e. The van der Waals surface area contributed by atoms with Gasteiger partial charge in [-0.2, -0.15) is 0 Å². The van der Waals surface area contributed by atoms with E-state index in [1.165, 1.54) is 7.11 Å². The maximum atomic E-state index is 12.4. The van der Waals surface area contributed by atoms with Crippen molar-refractivity contribution in [1.82, 2.24) is 0 Å². The summed E-state index contributed by atoms with van der Waals surface area (Å²) < 4.78 is 20.7. The van der Waals surface area contributed by atoms with Gasteiger partial charge in [-0.3, -0.25) is 4.79 Å². The topological polar surface area (TPSA) is 92.0 Å². The molecule has 0 bridgehead atoms. The van der Waals surface area contributed by atoms with Crippen molar-refractivity contribution in [1.29, 1.82) is 0 Å². The molecule has 1 aromatic carbocycles. The van der Waals surface area contributed by atoms with Crippen molar-refractivity contribution in [3.8, 4) is 5.75 Å². The van der Waals surface area contributed by atoms with E-state index >= 15 is 0 Å². The number of fused-ring (bicyclic) bond motifs is 1. The molecule has 1 atom stereocenters. The van der Waals surface area contributed by atoms with E-state index in [1.807, 2.05) is 6.92 Å². The highest BCUT2D eigenvalue weighted by atomic mass is 16.6. The second-order valence-corrected chi connectivity index (χ2v) is 6.15. The van der Waals surface area contributed by atoms with Crippen molar-refractivity contribution in [2.45, 2.75) is 46.6 Å². The van der Waals surface area contributed by atoms with Crippen LogP contribution in [0.4, 0.5) is 0 Å². The van der Waals surface area contributed by atoms with Crippen LogP contribution in [-0.2, 0) is 25.5 Å². The Kier molecular flexibility index (Phi) is 6.60. The first-order valence-corrected chi connectivity index (χ1v) is 8.76. The fourth-order valence-electron chi connectivity index (χ4n) is 2.85. The lowest BCUT2D eigenvalue weighted by molar-refractivity contribution is -0.148. The summed E-state index contributed by atoms with van der Waals surface area (Å²) in [6, 6.07) is 3.49. The molecular weight excluding hydrogens is 352 g/mol. The van der Waals surface area contributed by atoms with E-state index in [1.54, 1.807) is 32.9 Å². The van der Waals surface area contributed by atoms with Gasteiger partial charge in [0.1, 0.15) is 11.3 Å². The SMILES string of the molecule is CCOC(=O)CCc1c(C)c2ccc(O[C@H](C)C(=O)OC)c(C)c2oc1=O. The molecule has 0 spiro atoms. The van der Waals surface area contributed by atoms with Crippen molar-refractivity contribution in [3.05, 3.63) is 39.2 Å². The smallest absolute Gasteiger partial charge is 0.346 e. The average Bonchev–Trinajstić information content (AvgIpc) is 2.63. The number of rotatable bonds is 7. The number of hydrogen-bond acceptors (Lipinski definition) is 7. The minimum absolute atomic E-state index is 0.113. The molecular formula is C20H24O7. The first-order chi connectivity index (χ1) is 12.8. The van der Waals surface area contributed by atoms with Crippen molar-refractivity contribution in [2.75, 3.05) is 13.7 Å². The molecule has 0 N–H and O–H groups in total. The molecule has 2 rings (SSSR count). The summed E-state index contributed by atoms with van der Waals surface area (Å²) in [5.41, 5.74) is 1.71. The summed E-state index contributed by atoms with van der Waals surface area (Å²) >= 11 is 0. The van der Waals surface area contributed by atoms with Gasteiger partial charge in [-0.05, 0) is 51.8 Å². The zero-order chi connectivity index (χ0) is 20.1. The Labute approximate surface area is 157 Å². The molecule has 0 aliphatic carbocycles. The average molecular weight is 376 g/mol. The van der Waals surface area contributed by atoms with E-state index in [2.05, 4.69) is 4.74 Å². The van der Waals surface area contributed by atoms with Crippen LogP contribution < -0.4 is 10.4 Å². The van der Waals surface area contributed by atoms with Crippen LogP contribution in [0.25, 0.3) is 11.0 Å². The van der Waals surface area contributed by atoms with Crippen LogP contribution in [0.3, 0.4) is 0 Å². The van der Waals surface area contributed by atoms with Crippen LogP contribution in [0.5, 0.6) is 5.75 Å². The summed E-state index contributed by atoms with van der Waals surface area (Å²) in [6.45, 7) is 7.18. The van der Waals surface area contributed by atoms with E-state index < -0.39 is 17.7 Å². The molecule has 1 heterocycles. The molecule has 0 aliphatic rings. The van der Waals surface area contributed by atoms with Gasteiger partial charge >= 0.3 is 17.6 Å². The van der Waals surface area contributed by atoms with E-state index in [9.17, 15) is 14.4 Å². The molecule has 0 amide bonds. The molecule has 0 radical (unpaired) electrons. The van der Waals surface area contributed by atoms with Crippen molar-refractivity contribution in [2.24, 2.45) is 0 Å². The lowest BCUT2D eigenvalue weighted by atomic mass is 10.0. The van der Waals surface area contributed by atoms with E-state index in [4.69, 9.17) is 13.9 Å². The van der Waals surface area contributed by atoms with Crippen LogP contribution in [0.1, 0.15) is 37.0 Å². The zero-order valence-electron chi connectivity index (χ0n) is 16.2. The van der Waals surface area contributed by atoms with E-state index in [0.29, 0.717) is 29.1 Å². The van der Waals surface area contributed by atoms with Crippen LogP contribution >= 0.6 is 0 Å². The van der Waals surface area contributed by atoms with E-state index in [-0.39, 0.29) is 18.8 Å². The molecule has 2 aromatic rings. The Morgan fingerprint density at radius 2 is 1.89 bits per heavy atom. The number of carbonyl (C=O) groups is 2. The summed E-state index contributed by atoms with van der Waals surface area (Å²) in [6.07, 6.45) is -0.427. The normalized spacial score (nSPS) is 11.9. The van der Waals surface area contributed by atoms with Gasteiger partial charge in [0.2, 0.25) is 0 Å². The molecule has 146 valence electrons. The first kappa shape index (κ1) is 20.5. The minimum atomic E-state index is -0.789. The number of benzene rings is 1. The van der Waals surface area contributed by atoms with Crippen LogP contribution in [0.2, 0.25) is 0 Å². The van der Waals surface area contributed by atoms with Gasteiger partial charge in [-0.25, -0.2) is 9.59 Å². The standard InChI is InChI=1S/C20H24O7/c1-6-25-17(21)10-8-15-11(2)14-7-9-16(26-13(4)19(22)24-5)12(3)18(14)27-20(15)23/h7,9,13H,6,8,10H2,1-5H3/t13-/m1/s1. The Bertz CT molecular complexity index is 911. The molecule has 0 saturated heterocycles. The fraction of sp³-hybridized carbons (Fsp3) is 0.450. The van der Waals surface area contributed by atoms with Gasteiger partial charge in [0.25, 0.3) is 0 Å². The number of ether oxygens (including phenoxy) is 3. The van der Waals surface area contributed by atoms with E-state index in [0.717, 1.165) is 10.9 Å². The molecule has 0 unspecified atom stereocenters. The highest BCUT2D eigenvalue weighted by molar-refractivity contribution is 5.86. The number of methoxy groups -OCH3 is 1. The third-order valence-corrected chi connectivity index (χ3v) is 4.38. The monoisotopic (exact) mass is 376 g/mol. The lowest BCUT2D eigenvalue weighted by Gasteiger charge is -2.16. The lowest BCUT2D eigenvalue weighted by Crippen LogP contribution is -2.25. The highest BCUT2D eigenvalue weighted by Crippen LogP contribution is 2.30. The molecule has 1 aromatic heterocycles. The van der Waals surface area contributed by atoms with Gasteiger partial charge < -0.3 is 18.6 Å². The third-order valence-electron chi connectivity index (χ3n) is 4.38. The molecule has 27 heavy (non-hydrogen) atoms. The van der Waals surface area contributed by atoms with Gasteiger partial charge in [0, 0.05) is 22.9 Å². The van der Waals surface area contributed by atoms with Crippen molar-refractivity contribution in [3.63, 3.8) is 0 Å². The molecule has 7 nitrogen and oxygen atoms in total. The van der Waals surface area contributed by atoms with Crippen molar-refractivity contribution >= 4 is 22.9 Å². The predicted molar refractivity (Wildman–Crippen MR) is 99.0 cm³/mol. The Hall–Kier alpha value is -2.83. The van der Waals surface area contributed by atoms with Crippen LogP contribution in [-0.4, -0.2) is 31.8 Å². The Balaban J connectivity index is 2.39. The van der Waals surface area contributed by atoms with Gasteiger partial charge in [0.05, 0.1) is 13.7 Å². The predicted octanol–water partition coefficient (Wildman–Crippen LogP) is 2.85. The van der Waals surface area contributed by atoms with Crippen LogP contribution in [0, 0.1) is 13.8 Å².